The first kappa shape index (κ1) is 17.5. The van der Waals surface area contributed by atoms with Gasteiger partial charge in [-0.25, -0.2) is 0 Å². The van der Waals surface area contributed by atoms with Crippen LogP contribution < -0.4 is 15.8 Å². The number of rotatable bonds is 6. The van der Waals surface area contributed by atoms with Crippen LogP contribution in [0.4, 0.5) is 0 Å². The maximum absolute atomic E-state index is 11.8. The summed E-state index contributed by atoms with van der Waals surface area (Å²) in [6.07, 6.45) is 0. The second kappa shape index (κ2) is 7.46. The minimum atomic E-state index is -0.188. The highest BCUT2D eigenvalue weighted by atomic mass is 16.5. The first-order chi connectivity index (χ1) is 9.73. The molecule has 1 rings (SSSR count). The summed E-state index contributed by atoms with van der Waals surface area (Å²) in [6, 6.07) is 7.87. The number of ether oxygens (including phenoxy) is 1. The van der Waals surface area contributed by atoms with Crippen molar-refractivity contribution in [2.24, 2.45) is 11.7 Å². The Labute approximate surface area is 128 Å². The number of nitrogens with one attached hydrogen (secondary N) is 1. The molecule has 0 aromatic heterocycles. The molecule has 0 radical (unpaired) electrons. The van der Waals surface area contributed by atoms with E-state index in [-0.39, 0.29) is 23.3 Å². The fraction of sp³-hybridized carbons (Fsp3) is 0.588. The van der Waals surface area contributed by atoms with Gasteiger partial charge >= 0.3 is 0 Å². The molecule has 1 aromatic rings. The largest absolute Gasteiger partial charge is 0.491 e. The lowest BCUT2D eigenvalue weighted by atomic mass is 9.86. The van der Waals surface area contributed by atoms with Crippen molar-refractivity contribution in [2.75, 3.05) is 13.2 Å². The molecule has 0 saturated carbocycles. The highest BCUT2D eigenvalue weighted by Crippen LogP contribution is 2.30. The molecule has 1 aromatic carbocycles. The van der Waals surface area contributed by atoms with Crippen LogP contribution in [-0.4, -0.2) is 25.1 Å². The van der Waals surface area contributed by atoms with Crippen molar-refractivity contribution in [3.63, 3.8) is 0 Å². The van der Waals surface area contributed by atoms with E-state index < -0.39 is 0 Å². The number of nitrogens with two attached hydrogens (primary N) is 1. The Morgan fingerprint density at radius 3 is 2.48 bits per heavy atom. The van der Waals surface area contributed by atoms with Crippen LogP contribution in [0.15, 0.2) is 24.3 Å². The van der Waals surface area contributed by atoms with Gasteiger partial charge in [-0.3, -0.25) is 4.79 Å². The average molecular weight is 292 g/mol. The Morgan fingerprint density at radius 2 is 1.90 bits per heavy atom. The SMILES string of the molecule is CC(N)C(C)C(=O)NCCOc1ccccc1C(C)(C)C. The van der Waals surface area contributed by atoms with Gasteiger partial charge in [-0.05, 0) is 24.0 Å². The minimum Gasteiger partial charge on any atom is -0.491 e. The normalized spacial score (nSPS) is 14.4. The van der Waals surface area contributed by atoms with Crippen LogP contribution in [0.2, 0.25) is 0 Å². The Bertz CT molecular complexity index is 464. The molecular formula is C17H28N2O2. The molecule has 2 unspecified atom stereocenters. The van der Waals surface area contributed by atoms with Gasteiger partial charge in [-0.15, -0.1) is 0 Å². The molecule has 0 saturated heterocycles. The van der Waals surface area contributed by atoms with Gasteiger partial charge in [-0.2, -0.15) is 0 Å². The van der Waals surface area contributed by atoms with E-state index in [1.165, 1.54) is 5.56 Å². The molecule has 1 amide bonds. The summed E-state index contributed by atoms with van der Waals surface area (Å²) in [5.74, 6) is 0.657. The summed E-state index contributed by atoms with van der Waals surface area (Å²) in [7, 11) is 0. The molecule has 118 valence electrons. The highest BCUT2D eigenvalue weighted by molar-refractivity contribution is 5.78. The molecule has 0 heterocycles. The van der Waals surface area contributed by atoms with Gasteiger partial charge in [0.2, 0.25) is 5.91 Å². The Morgan fingerprint density at radius 1 is 1.29 bits per heavy atom. The van der Waals surface area contributed by atoms with Crippen molar-refractivity contribution in [3.05, 3.63) is 29.8 Å². The lowest BCUT2D eigenvalue weighted by Gasteiger charge is -2.23. The van der Waals surface area contributed by atoms with E-state index in [1.54, 1.807) is 0 Å². The van der Waals surface area contributed by atoms with E-state index in [0.717, 1.165) is 5.75 Å². The zero-order valence-corrected chi connectivity index (χ0v) is 13.8. The fourth-order valence-corrected chi connectivity index (χ4v) is 1.95. The second-order valence-corrected chi connectivity index (χ2v) is 6.53. The van der Waals surface area contributed by atoms with Crippen molar-refractivity contribution in [3.8, 4) is 5.75 Å². The first-order valence-electron chi connectivity index (χ1n) is 7.49. The molecule has 0 aliphatic carbocycles. The number of hydrogen-bond donors (Lipinski definition) is 2. The molecule has 21 heavy (non-hydrogen) atoms. The molecule has 2 atom stereocenters. The maximum atomic E-state index is 11.8. The monoisotopic (exact) mass is 292 g/mol. The highest BCUT2D eigenvalue weighted by Gasteiger charge is 2.19. The Balaban J connectivity index is 2.49. The lowest BCUT2D eigenvalue weighted by molar-refractivity contribution is -0.125. The summed E-state index contributed by atoms with van der Waals surface area (Å²) in [4.78, 5) is 11.8. The zero-order valence-electron chi connectivity index (χ0n) is 13.8. The molecule has 0 bridgehead atoms. The van der Waals surface area contributed by atoms with Gasteiger partial charge < -0.3 is 15.8 Å². The van der Waals surface area contributed by atoms with Crippen molar-refractivity contribution in [1.82, 2.24) is 5.32 Å². The van der Waals surface area contributed by atoms with Crippen LogP contribution in [0.1, 0.15) is 40.2 Å². The minimum absolute atomic E-state index is 0.0299. The summed E-state index contributed by atoms with van der Waals surface area (Å²) >= 11 is 0. The third kappa shape index (κ3) is 5.38. The van der Waals surface area contributed by atoms with Gasteiger partial charge in [0.05, 0.1) is 6.54 Å². The molecule has 0 aliphatic heterocycles. The van der Waals surface area contributed by atoms with Crippen molar-refractivity contribution in [1.29, 1.82) is 0 Å². The van der Waals surface area contributed by atoms with Gasteiger partial charge in [0.1, 0.15) is 12.4 Å². The van der Waals surface area contributed by atoms with E-state index >= 15 is 0 Å². The summed E-state index contributed by atoms with van der Waals surface area (Å²) < 4.78 is 5.81. The lowest BCUT2D eigenvalue weighted by Crippen LogP contribution is -2.40. The number of carbonyl (C=O) groups is 1. The summed E-state index contributed by atoms with van der Waals surface area (Å²) in [5.41, 5.74) is 6.91. The van der Waals surface area contributed by atoms with Crippen LogP contribution in [0, 0.1) is 5.92 Å². The van der Waals surface area contributed by atoms with Gasteiger partial charge in [0, 0.05) is 12.0 Å². The average Bonchev–Trinajstić information content (AvgIpc) is 2.41. The molecule has 4 nitrogen and oxygen atoms in total. The molecule has 4 heteroatoms. The van der Waals surface area contributed by atoms with E-state index in [2.05, 4.69) is 32.2 Å². The van der Waals surface area contributed by atoms with E-state index in [4.69, 9.17) is 10.5 Å². The number of amides is 1. The molecule has 0 aliphatic rings. The van der Waals surface area contributed by atoms with Gasteiger partial charge in [0.25, 0.3) is 0 Å². The third-order valence-corrected chi connectivity index (χ3v) is 3.56. The van der Waals surface area contributed by atoms with Crippen molar-refractivity contribution in [2.45, 2.75) is 46.1 Å². The van der Waals surface area contributed by atoms with Crippen LogP contribution in [0.5, 0.6) is 5.75 Å². The van der Waals surface area contributed by atoms with E-state index in [9.17, 15) is 4.79 Å². The van der Waals surface area contributed by atoms with Crippen LogP contribution in [0.25, 0.3) is 0 Å². The third-order valence-electron chi connectivity index (χ3n) is 3.56. The predicted octanol–water partition coefficient (Wildman–Crippen LogP) is 2.46. The smallest absolute Gasteiger partial charge is 0.224 e. The van der Waals surface area contributed by atoms with Crippen LogP contribution in [0.3, 0.4) is 0 Å². The first-order valence-corrected chi connectivity index (χ1v) is 7.49. The second-order valence-electron chi connectivity index (χ2n) is 6.53. The standard InChI is InChI=1S/C17H28N2O2/c1-12(13(2)18)16(20)19-10-11-21-15-9-7-6-8-14(15)17(3,4)5/h6-9,12-13H,10-11,18H2,1-5H3,(H,19,20). The summed E-state index contributed by atoms with van der Waals surface area (Å²) in [5, 5.41) is 2.85. The molecule has 3 N–H and O–H groups in total. The van der Waals surface area contributed by atoms with Gasteiger partial charge in [0.15, 0.2) is 0 Å². The van der Waals surface area contributed by atoms with Gasteiger partial charge in [-0.1, -0.05) is 45.9 Å². The fourth-order valence-electron chi connectivity index (χ4n) is 1.95. The predicted molar refractivity (Wildman–Crippen MR) is 86.5 cm³/mol. The number of carbonyl (C=O) groups excluding carboxylic acids is 1. The van der Waals surface area contributed by atoms with Crippen molar-refractivity contribution < 1.29 is 9.53 Å². The molecular weight excluding hydrogens is 264 g/mol. The number of para-hydroxylation sites is 1. The molecule has 0 fully saturated rings. The molecule has 0 spiro atoms. The van der Waals surface area contributed by atoms with Crippen LogP contribution in [-0.2, 0) is 10.2 Å². The van der Waals surface area contributed by atoms with Crippen molar-refractivity contribution >= 4 is 5.91 Å². The zero-order chi connectivity index (χ0) is 16.0. The topological polar surface area (TPSA) is 64.4 Å². The Kier molecular flexibility index (Phi) is 6.21. The Hall–Kier alpha value is -1.55. The maximum Gasteiger partial charge on any atom is 0.224 e. The quantitative estimate of drug-likeness (QED) is 0.792. The summed E-state index contributed by atoms with van der Waals surface area (Å²) in [6.45, 7) is 11.1. The van der Waals surface area contributed by atoms with E-state index in [1.807, 2.05) is 32.0 Å². The number of benzene rings is 1. The van der Waals surface area contributed by atoms with E-state index in [0.29, 0.717) is 13.2 Å². The number of hydrogen-bond acceptors (Lipinski definition) is 3. The van der Waals surface area contributed by atoms with Crippen LogP contribution >= 0.6 is 0 Å².